The molecule has 1 rings (SSSR count). The number of piperazine rings is 1. The third kappa shape index (κ3) is 6.43. The summed E-state index contributed by atoms with van der Waals surface area (Å²) >= 11 is 0. The van der Waals surface area contributed by atoms with Crippen molar-refractivity contribution in [3.63, 3.8) is 0 Å². The Morgan fingerprint density at radius 1 is 1.18 bits per heavy atom. The van der Waals surface area contributed by atoms with Crippen molar-refractivity contribution < 1.29 is 9.92 Å². The van der Waals surface area contributed by atoms with E-state index in [-0.39, 0.29) is 6.61 Å². The van der Waals surface area contributed by atoms with Gasteiger partial charge in [-0.15, -0.1) is 10.1 Å². The minimum Gasteiger partial charge on any atom is -0.313 e. The van der Waals surface area contributed by atoms with Crippen molar-refractivity contribution in [2.24, 2.45) is 5.92 Å². The van der Waals surface area contributed by atoms with E-state index in [1.54, 1.807) is 0 Å². The van der Waals surface area contributed by atoms with Crippen molar-refractivity contribution in [3.8, 4) is 0 Å². The first kappa shape index (κ1) is 14.2. The average Bonchev–Trinajstić information content (AvgIpc) is 2.27. The van der Waals surface area contributed by atoms with Crippen LogP contribution in [0.3, 0.4) is 0 Å². The maximum absolute atomic E-state index is 10.00. The second-order valence-electron chi connectivity index (χ2n) is 4.92. The van der Waals surface area contributed by atoms with Gasteiger partial charge in [0.25, 0.3) is 5.09 Å². The molecule has 6 nitrogen and oxygen atoms in total. The van der Waals surface area contributed by atoms with Gasteiger partial charge in [-0.25, -0.2) is 0 Å². The summed E-state index contributed by atoms with van der Waals surface area (Å²) in [5, 5.41) is 9.28. The molecule has 0 radical (unpaired) electrons. The van der Waals surface area contributed by atoms with E-state index in [9.17, 15) is 10.1 Å². The molecule has 0 atom stereocenters. The Bertz CT molecular complexity index is 228. The molecule has 6 heteroatoms. The highest BCUT2D eigenvalue weighted by molar-refractivity contribution is 4.71. The van der Waals surface area contributed by atoms with E-state index in [0.717, 1.165) is 38.6 Å². The monoisotopic (exact) mass is 245 g/mol. The van der Waals surface area contributed by atoms with Crippen LogP contribution in [0.5, 0.6) is 0 Å². The van der Waals surface area contributed by atoms with Crippen molar-refractivity contribution >= 4 is 0 Å². The van der Waals surface area contributed by atoms with E-state index < -0.39 is 5.09 Å². The summed E-state index contributed by atoms with van der Waals surface area (Å²) < 4.78 is 0. The van der Waals surface area contributed by atoms with Crippen LogP contribution < -0.4 is 0 Å². The zero-order valence-electron chi connectivity index (χ0n) is 10.8. The minimum atomic E-state index is -0.723. The topological polar surface area (TPSA) is 58.8 Å². The minimum absolute atomic E-state index is 0.180. The van der Waals surface area contributed by atoms with Crippen molar-refractivity contribution in [2.45, 2.75) is 20.3 Å². The van der Waals surface area contributed by atoms with E-state index in [1.165, 1.54) is 6.42 Å². The van der Waals surface area contributed by atoms with Crippen LogP contribution in [0.25, 0.3) is 0 Å². The molecule has 0 spiro atoms. The Hall–Kier alpha value is -0.880. The zero-order chi connectivity index (χ0) is 12.7. The quantitative estimate of drug-likeness (QED) is 0.492. The van der Waals surface area contributed by atoms with Crippen LogP contribution in [0, 0.1) is 16.0 Å². The van der Waals surface area contributed by atoms with Crippen molar-refractivity contribution in [3.05, 3.63) is 10.1 Å². The van der Waals surface area contributed by atoms with Gasteiger partial charge in [0.05, 0.1) is 0 Å². The Morgan fingerprint density at radius 2 is 1.71 bits per heavy atom. The van der Waals surface area contributed by atoms with Crippen LogP contribution in [0.2, 0.25) is 0 Å². The van der Waals surface area contributed by atoms with E-state index in [1.807, 2.05) is 0 Å². The first-order valence-electron chi connectivity index (χ1n) is 6.30. The molecule has 1 aliphatic heterocycles. The van der Waals surface area contributed by atoms with Gasteiger partial charge in [-0.05, 0) is 18.9 Å². The second-order valence-corrected chi connectivity index (χ2v) is 4.92. The fourth-order valence-electron chi connectivity index (χ4n) is 1.92. The number of hydrogen-bond donors (Lipinski definition) is 0. The molecule has 0 aromatic heterocycles. The maximum Gasteiger partial charge on any atom is 0.294 e. The lowest BCUT2D eigenvalue weighted by atomic mass is 10.1. The van der Waals surface area contributed by atoms with Crippen LogP contribution in [0.1, 0.15) is 20.3 Å². The molecule has 0 aromatic carbocycles. The summed E-state index contributed by atoms with van der Waals surface area (Å²) in [4.78, 5) is 19.0. The molecular formula is C11H23N3O3. The van der Waals surface area contributed by atoms with Gasteiger partial charge >= 0.3 is 0 Å². The summed E-state index contributed by atoms with van der Waals surface area (Å²) in [5.41, 5.74) is 0. The van der Waals surface area contributed by atoms with Gasteiger partial charge in [-0.3, -0.25) is 4.90 Å². The maximum atomic E-state index is 10.00. The molecule has 0 saturated carbocycles. The lowest BCUT2D eigenvalue weighted by Gasteiger charge is -2.34. The van der Waals surface area contributed by atoms with Gasteiger partial charge < -0.3 is 9.74 Å². The largest absolute Gasteiger partial charge is 0.313 e. The zero-order valence-corrected chi connectivity index (χ0v) is 10.8. The molecule has 0 bridgehead atoms. The molecule has 1 aliphatic rings. The Kier molecular flexibility index (Phi) is 6.21. The molecule has 1 fully saturated rings. The summed E-state index contributed by atoms with van der Waals surface area (Å²) in [6.45, 7) is 10.6. The highest BCUT2D eigenvalue weighted by Gasteiger charge is 2.16. The van der Waals surface area contributed by atoms with Crippen molar-refractivity contribution in [2.75, 3.05) is 45.9 Å². The Labute approximate surface area is 103 Å². The van der Waals surface area contributed by atoms with Crippen LogP contribution in [-0.2, 0) is 4.84 Å². The Morgan fingerprint density at radius 3 is 2.18 bits per heavy atom. The third-order valence-electron chi connectivity index (χ3n) is 3.09. The first-order chi connectivity index (χ1) is 8.08. The third-order valence-corrected chi connectivity index (χ3v) is 3.09. The molecule has 1 heterocycles. The van der Waals surface area contributed by atoms with Crippen molar-refractivity contribution in [1.82, 2.24) is 9.80 Å². The van der Waals surface area contributed by atoms with E-state index in [0.29, 0.717) is 6.54 Å². The predicted octanol–water partition coefficient (Wildman–Crippen LogP) is 0.858. The summed E-state index contributed by atoms with van der Waals surface area (Å²) in [7, 11) is 0. The van der Waals surface area contributed by atoms with E-state index >= 15 is 0 Å². The van der Waals surface area contributed by atoms with Crippen LogP contribution in [0.4, 0.5) is 0 Å². The van der Waals surface area contributed by atoms with Gasteiger partial charge in [-0.1, -0.05) is 13.8 Å². The summed E-state index contributed by atoms with van der Waals surface area (Å²) in [6.07, 6.45) is 1.24. The van der Waals surface area contributed by atoms with Gasteiger partial charge in [0.15, 0.2) is 0 Å². The molecule has 17 heavy (non-hydrogen) atoms. The van der Waals surface area contributed by atoms with Gasteiger partial charge in [0, 0.05) is 32.7 Å². The molecule has 0 unspecified atom stereocenters. The van der Waals surface area contributed by atoms with Crippen molar-refractivity contribution in [1.29, 1.82) is 0 Å². The standard InChI is InChI=1S/C11H23N3O3/c1-11(2)3-4-12-5-7-13(8-6-12)9-10-17-14(15)16/h11H,3-10H2,1-2H3. The Balaban J connectivity index is 2.07. The van der Waals surface area contributed by atoms with Crippen LogP contribution in [0.15, 0.2) is 0 Å². The molecule has 0 aliphatic carbocycles. The normalized spacial score (nSPS) is 18.5. The van der Waals surface area contributed by atoms with E-state index in [4.69, 9.17) is 0 Å². The fourth-order valence-corrected chi connectivity index (χ4v) is 1.92. The summed E-state index contributed by atoms with van der Waals surface area (Å²) in [5.74, 6) is 0.751. The highest BCUT2D eigenvalue weighted by Crippen LogP contribution is 2.06. The molecular weight excluding hydrogens is 222 g/mol. The lowest BCUT2D eigenvalue weighted by molar-refractivity contribution is -0.757. The number of rotatable bonds is 7. The van der Waals surface area contributed by atoms with Gasteiger partial charge in [-0.2, -0.15) is 0 Å². The average molecular weight is 245 g/mol. The molecule has 1 saturated heterocycles. The molecule has 0 N–H and O–H groups in total. The van der Waals surface area contributed by atoms with Crippen LogP contribution >= 0.6 is 0 Å². The lowest BCUT2D eigenvalue weighted by Crippen LogP contribution is -2.47. The van der Waals surface area contributed by atoms with Crippen LogP contribution in [-0.4, -0.2) is 60.8 Å². The van der Waals surface area contributed by atoms with Gasteiger partial charge in [0.2, 0.25) is 0 Å². The second kappa shape index (κ2) is 7.45. The SMILES string of the molecule is CC(C)CCN1CCN(CCO[N+](=O)[O-])CC1. The smallest absolute Gasteiger partial charge is 0.294 e. The molecule has 0 amide bonds. The molecule has 100 valence electrons. The predicted molar refractivity (Wildman–Crippen MR) is 65.3 cm³/mol. The fraction of sp³-hybridized carbons (Fsp3) is 1.00. The van der Waals surface area contributed by atoms with E-state index in [2.05, 4.69) is 28.5 Å². The highest BCUT2D eigenvalue weighted by atomic mass is 16.9. The first-order valence-corrected chi connectivity index (χ1v) is 6.30. The number of nitrogens with zero attached hydrogens (tertiary/aromatic N) is 3. The number of hydrogen-bond acceptors (Lipinski definition) is 5. The van der Waals surface area contributed by atoms with Gasteiger partial charge in [0.1, 0.15) is 6.61 Å². The molecule has 0 aromatic rings. The summed E-state index contributed by atoms with van der Waals surface area (Å²) in [6, 6.07) is 0.